The highest BCUT2D eigenvalue weighted by atomic mass is 35.5. The SMILES string of the molecule is O=C(OC[C@H]1O[C@@H](n2cc(Cl)c3c(-c4ccsc4)ncnc32)[C@H](OC(=O)c2ccccc2)[C@@H]1OC(=O)c1ccccc1)c1ccccc1. The minimum absolute atomic E-state index is 0.275. The van der Waals surface area contributed by atoms with Gasteiger partial charge in [0.1, 0.15) is 24.7 Å². The Hall–Kier alpha value is -5.36. The molecule has 1 saturated heterocycles. The van der Waals surface area contributed by atoms with E-state index in [0.717, 1.165) is 5.56 Å². The van der Waals surface area contributed by atoms with Crippen molar-refractivity contribution in [3.63, 3.8) is 0 Å². The Morgan fingerprint density at radius 3 is 1.94 bits per heavy atom. The standard InChI is InChI=1S/C36H26ClN3O7S/c37-26-18-40(32-28(26)29(38-21-39-32)25-16-17-48-20-25)33-31(47-36(43)24-14-8-3-9-15-24)30(46-35(42)23-12-6-2-7-13-23)27(45-33)19-44-34(41)22-10-4-1-5-11-22/h1-18,20-21,27,30-31,33H,19H2/t27-,30-,31-,33-/m1/s1. The maximum absolute atomic E-state index is 13.6. The van der Waals surface area contributed by atoms with Gasteiger partial charge in [0.05, 0.1) is 32.8 Å². The maximum Gasteiger partial charge on any atom is 0.338 e. The Balaban J connectivity index is 1.30. The second-order valence-corrected chi connectivity index (χ2v) is 12.0. The van der Waals surface area contributed by atoms with Gasteiger partial charge in [0.2, 0.25) is 0 Å². The maximum atomic E-state index is 13.6. The van der Waals surface area contributed by atoms with Crippen LogP contribution in [-0.4, -0.2) is 57.4 Å². The summed E-state index contributed by atoms with van der Waals surface area (Å²) in [7, 11) is 0. The molecule has 0 saturated carbocycles. The molecule has 0 amide bonds. The average Bonchev–Trinajstić information content (AvgIpc) is 3.87. The first-order chi connectivity index (χ1) is 23.5. The number of rotatable bonds is 9. The number of hydrogen-bond donors (Lipinski definition) is 0. The largest absolute Gasteiger partial charge is 0.459 e. The lowest BCUT2D eigenvalue weighted by atomic mass is 10.1. The second-order valence-electron chi connectivity index (χ2n) is 10.8. The van der Waals surface area contributed by atoms with E-state index in [4.69, 9.17) is 30.5 Å². The topological polar surface area (TPSA) is 119 Å². The Morgan fingerprint density at radius 1 is 0.771 bits per heavy atom. The van der Waals surface area contributed by atoms with Crippen molar-refractivity contribution in [1.29, 1.82) is 0 Å². The molecule has 3 aromatic carbocycles. The number of fused-ring (bicyclic) bond motifs is 1. The Labute approximate surface area is 283 Å². The van der Waals surface area contributed by atoms with Crippen LogP contribution >= 0.6 is 22.9 Å². The van der Waals surface area contributed by atoms with Gasteiger partial charge in [-0.2, -0.15) is 11.3 Å². The van der Waals surface area contributed by atoms with Gasteiger partial charge in [0.15, 0.2) is 18.4 Å². The van der Waals surface area contributed by atoms with Crippen molar-refractivity contribution in [2.24, 2.45) is 0 Å². The van der Waals surface area contributed by atoms with Crippen LogP contribution in [0.15, 0.2) is 120 Å². The summed E-state index contributed by atoms with van der Waals surface area (Å²) in [6, 6.07) is 27.2. The normalized spacial score (nSPS) is 18.8. The van der Waals surface area contributed by atoms with Gasteiger partial charge in [-0.3, -0.25) is 0 Å². The van der Waals surface area contributed by atoms with Crippen molar-refractivity contribution in [2.45, 2.75) is 24.5 Å². The minimum atomic E-state index is -1.22. The van der Waals surface area contributed by atoms with E-state index in [1.807, 2.05) is 16.8 Å². The molecule has 6 aromatic rings. The molecule has 0 spiro atoms. The van der Waals surface area contributed by atoms with E-state index in [9.17, 15) is 14.4 Å². The van der Waals surface area contributed by atoms with Crippen LogP contribution in [0.3, 0.4) is 0 Å². The number of halogens is 1. The van der Waals surface area contributed by atoms with E-state index in [-0.39, 0.29) is 17.7 Å². The number of esters is 3. The van der Waals surface area contributed by atoms with Crippen molar-refractivity contribution >= 4 is 51.9 Å². The van der Waals surface area contributed by atoms with E-state index >= 15 is 0 Å². The number of nitrogens with zero attached hydrogens (tertiary/aromatic N) is 3. The highest BCUT2D eigenvalue weighted by molar-refractivity contribution is 7.08. The van der Waals surface area contributed by atoms with Crippen molar-refractivity contribution in [3.8, 4) is 11.3 Å². The average molecular weight is 680 g/mol. The molecule has 7 rings (SSSR count). The third kappa shape index (κ3) is 6.30. The number of thiophene rings is 1. The third-order valence-corrected chi connectivity index (χ3v) is 8.78. The van der Waals surface area contributed by atoms with Crippen molar-refractivity contribution in [3.05, 3.63) is 142 Å². The highest BCUT2D eigenvalue weighted by Crippen LogP contribution is 2.41. The molecular weight excluding hydrogens is 654 g/mol. The molecule has 1 fully saturated rings. The first-order valence-corrected chi connectivity index (χ1v) is 16.2. The molecule has 3 aromatic heterocycles. The van der Waals surface area contributed by atoms with E-state index in [2.05, 4.69) is 9.97 Å². The lowest BCUT2D eigenvalue weighted by Gasteiger charge is -2.25. The van der Waals surface area contributed by atoms with Crippen LogP contribution in [0, 0.1) is 0 Å². The monoisotopic (exact) mass is 679 g/mol. The molecular formula is C36H26ClN3O7S. The molecule has 0 aliphatic carbocycles. The molecule has 1 aliphatic rings. The van der Waals surface area contributed by atoms with Gasteiger partial charge in [0.25, 0.3) is 0 Å². The number of carbonyl (C=O) groups is 3. The summed E-state index contributed by atoms with van der Waals surface area (Å²) in [6.07, 6.45) is -1.58. The molecule has 10 nitrogen and oxygen atoms in total. The Morgan fingerprint density at radius 2 is 1.35 bits per heavy atom. The van der Waals surface area contributed by atoms with Crippen LogP contribution in [0.25, 0.3) is 22.3 Å². The number of hydrogen-bond acceptors (Lipinski definition) is 10. The van der Waals surface area contributed by atoms with Crippen LogP contribution in [-0.2, 0) is 18.9 Å². The zero-order chi connectivity index (χ0) is 33.0. The fourth-order valence-corrected chi connectivity index (χ4v) is 6.45. The van der Waals surface area contributed by atoms with Crippen LogP contribution in [0.1, 0.15) is 37.3 Å². The van der Waals surface area contributed by atoms with Crippen LogP contribution in [0.4, 0.5) is 0 Å². The lowest BCUT2D eigenvalue weighted by Crippen LogP contribution is -2.41. The molecule has 0 unspecified atom stereocenters. The Bertz CT molecular complexity index is 2060. The molecule has 0 bridgehead atoms. The molecule has 240 valence electrons. The molecule has 4 heterocycles. The molecule has 12 heteroatoms. The lowest BCUT2D eigenvalue weighted by molar-refractivity contribution is -0.0604. The van der Waals surface area contributed by atoms with E-state index in [1.54, 1.807) is 102 Å². The smallest absolute Gasteiger partial charge is 0.338 e. The quantitative estimate of drug-likeness (QED) is 0.117. The van der Waals surface area contributed by atoms with Crippen LogP contribution in [0.2, 0.25) is 5.02 Å². The summed E-state index contributed by atoms with van der Waals surface area (Å²) in [4.78, 5) is 49.0. The third-order valence-electron chi connectivity index (χ3n) is 7.81. The minimum Gasteiger partial charge on any atom is -0.459 e. The number of benzene rings is 3. The summed E-state index contributed by atoms with van der Waals surface area (Å²) in [5.41, 5.74) is 2.75. The van der Waals surface area contributed by atoms with E-state index in [1.165, 1.54) is 17.7 Å². The fraction of sp³-hybridized carbons (Fsp3) is 0.139. The van der Waals surface area contributed by atoms with Crippen molar-refractivity contribution in [2.75, 3.05) is 6.61 Å². The van der Waals surface area contributed by atoms with Gasteiger partial charge >= 0.3 is 17.9 Å². The molecule has 4 atom stereocenters. The Kier molecular flexibility index (Phi) is 8.97. The zero-order valence-corrected chi connectivity index (χ0v) is 26.6. The van der Waals surface area contributed by atoms with Crippen molar-refractivity contribution in [1.82, 2.24) is 14.5 Å². The first-order valence-electron chi connectivity index (χ1n) is 14.9. The summed E-state index contributed by atoms with van der Waals surface area (Å²) in [5, 5.41) is 4.77. The van der Waals surface area contributed by atoms with E-state index in [0.29, 0.717) is 27.3 Å². The van der Waals surface area contributed by atoms with Gasteiger partial charge in [-0.25, -0.2) is 24.4 Å². The second kappa shape index (κ2) is 13.8. The van der Waals surface area contributed by atoms with E-state index < -0.39 is 42.4 Å². The van der Waals surface area contributed by atoms with Gasteiger partial charge in [-0.05, 0) is 47.8 Å². The van der Waals surface area contributed by atoms with Gasteiger partial charge in [-0.15, -0.1) is 0 Å². The summed E-state index contributed by atoms with van der Waals surface area (Å²) < 4.78 is 25.9. The summed E-state index contributed by atoms with van der Waals surface area (Å²) in [5.74, 6) is -1.95. The summed E-state index contributed by atoms with van der Waals surface area (Å²) in [6.45, 7) is -0.321. The van der Waals surface area contributed by atoms with Crippen LogP contribution < -0.4 is 0 Å². The predicted molar refractivity (Wildman–Crippen MR) is 178 cm³/mol. The molecule has 48 heavy (non-hydrogen) atoms. The zero-order valence-electron chi connectivity index (χ0n) is 25.0. The number of ether oxygens (including phenoxy) is 4. The van der Waals surface area contributed by atoms with Gasteiger partial charge in [0, 0.05) is 17.1 Å². The fourth-order valence-electron chi connectivity index (χ4n) is 5.53. The van der Waals surface area contributed by atoms with Crippen molar-refractivity contribution < 1.29 is 33.3 Å². The highest BCUT2D eigenvalue weighted by Gasteiger charge is 2.52. The number of carbonyl (C=O) groups excluding carboxylic acids is 3. The number of aromatic nitrogens is 3. The molecule has 1 aliphatic heterocycles. The van der Waals surface area contributed by atoms with Crippen LogP contribution in [0.5, 0.6) is 0 Å². The van der Waals surface area contributed by atoms with Gasteiger partial charge < -0.3 is 23.5 Å². The summed E-state index contributed by atoms with van der Waals surface area (Å²) >= 11 is 8.33. The first kappa shape index (κ1) is 31.3. The predicted octanol–water partition coefficient (Wildman–Crippen LogP) is 7.02. The molecule has 0 N–H and O–H groups in total. The molecule has 0 radical (unpaired) electrons. The van der Waals surface area contributed by atoms with Gasteiger partial charge in [-0.1, -0.05) is 66.2 Å².